The number of hydrogen-bond acceptors (Lipinski definition) is 3. The van der Waals surface area contributed by atoms with Gasteiger partial charge >= 0.3 is 0 Å². The second-order valence-corrected chi connectivity index (χ2v) is 7.08. The summed E-state index contributed by atoms with van der Waals surface area (Å²) in [6, 6.07) is 0. The Morgan fingerprint density at radius 1 is 1.05 bits per heavy atom. The van der Waals surface area contributed by atoms with Gasteiger partial charge in [-0.25, -0.2) is 0 Å². The highest BCUT2D eigenvalue weighted by atomic mass is 32.2. The Balaban J connectivity index is 2.67. The van der Waals surface area contributed by atoms with Crippen LogP contribution in [0.25, 0.3) is 0 Å². The van der Waals surface area contributed by atoms with Crippen LogP contribution < -0.4 is 0 Å². The zero-order valence-corrected chi connectivity index (χ0v) is 12.9. The van der Waals surface area contributed by atoms with Crippen molar-refractivity contribution < 1.29 is 13.5 Å². The minimum Gasteiger partial charge on any atom is -0.395 e. The van der Waals surface area contributed by atoms with Gasteiger partial charge in [0.1, 0.15) is 0 Å². The molecule has 0 aromatic rings. The van der Waals surface area contributed by atoms with Crippen molar-refractivity contribution in [2.75, 3.05) is 32.8 Å². The van der Waals surface area contributed by atoms with E-state index in [2.05, 4.69) is 6.92 Å². The molecule has 0 radical (unpaired) electrons. The second-order valence-electron chi connectivity index (χ2n) is 5.15. The smallest absolute Gasteiger partial charge is 0.282 e. The number of aliphatic hydroxyl groups excluding tert-OH is 1. The Morgan fingerprint density at radius 2 is 1.68 bits per heavy atom. The normalized spacial score (nSPS) is 18.7. The highest BCUT2D eigenvalue weighted by molar-refractivity contribution is 7.86. The number of nitrogens with zero attached hydrogens (tertiary/aromatic N) is 2. The monoisotopic (exact) mass is 292 g/mol. The van der Waals surface area contributed by atoms with Crippen LogP contribution in [0.2, 0.25) is 0 Å². The number of unbranched alkanes of at least 4 members (excludes halogenated alkanes) is 2. The fourth-order valence-corrected chi connectivity index (χ4v) is 4.15. The minimum absolute atomic E-state index is 0.112. The molecule has 1 fully saturated rings. The van der Waals surface area contributed by atoms with Crippen LogP contribution in [0.15, 0.2) is 0 Å². The summed E-state index contributed by atoms with van der Waals surface area (Å²) in [4.78, 5) is 0. The molecule has 1 aliphatic heterocycles. The zero-order valence-electron chi connectivity index (χ0n) is 12.1. The van der Waals surface area contributed by atoms with E-state index < -0.39 is 10.2 Å². The van der Waals surface area contributed by atoms with Crippen molar-refractivity contribution >= 4 is 10.2 Å². The predicted octanol–water partition coefficient (Wildman–Crippen LogP) is 1.59. The quantitative estimate of drug-likeness (QED) is 0.691. The minimum atomic E-state index is -3.38. The first-order valence-corrected chi connectivity index (χ1v) is 8.88. The van der Waals surface area contributed by atoms with Crippen molar-refractivity contribution in [1.29, 1.82) is 0 Å². The molecule has 0 bridgehead atoms. The third kappa shape index (κ3) is 5.38. The van der Waals surface area contributed by atoms with Crippen LogP contribution in [0.4, 0.5) is 0 Å². The Bertz CT molecular complexity index is 325. The van der Waals surface area contributed by atoms with E-state index in [4.69, 9.17) is 5.11 Å². The molecule has 1 N–H and O–H groups in total. The van der Waals surface area contributed by atoms with E-state index in [9.17, 15) is 8.42 Å². The van der Waals surface area contributed by atoms with Crippen molar-refractivity contribution in [3.05, 3.63) is 0 Å². The summed E-state index contributed by atoms with van der Waals surface area (Å²) in [6.45, 7) is 3.96. The van der Waals surface area contributed by atoms with Gasteiger partial charge in [0.15, 0.2) is 0 Å². The van der Waals surface area contributed by atoms with Crippen LogP contribution in [0.5, 0.6) is 0 Å². The Labute approximate surface area is 117 Å². The lowest BCUT2D eigenvalue weighted by Crippen LogP contribution is -2.45. The van der Waals surface area contributed by atoms with Crippen LogP contribution >= 0.6 is 0 Å². The maximum absolute atomic E-state index is 12.6. The Hall–Kier alpha value is -0.170. The molecule has 0 amide bonds. The van der Waals surface area contributed by atoms with E-state index in [-0.39, 0.29) is 13.2 Å². The van der Waals surface area contributed by atoms with E-state index in [0.29, 0.717) is 19.6 Å². The van der Waals surface area contributed by atoms with E-state index in [1.165, 1.54) is 4.31 Å². The van der Waals surface area contributed by atoms with Gasteiger partial charge in [-0.15, -0.1) is 0 Å². The van der Waals surface area contributed by atoms with Crippen LogP contribution in [0.1, 0.15) is 51.9 Å². The van der Waals surface area contributed by atoms with Gasteiger partial charge in [-0.2, -0.15) is 17.0 Å². The molecule has 0 saturated carbocycles. The molecule has 19 heavy (non-hydrogen) atoms. The van der Waals surface area contributed by atoms with Gasteiger partial charge in [0.25, 0.3) is 10.2 Å². The lowest BCUT2D eigenvalue weighted by molar-refractivity contribution is 0.242. The maximum Gasteiger partial charge on any atom is 0.282 e. The van der Waals surface area contributed by atoms with Gasteiger partial charge in [0.2, 0.25) is 0 Å². The topological polar surface area (TPSA) is 60.9 Å². The van der Waals surface area contributed by atoms with Crippen molar-refractivity contribution in [2.45, 2.75) is 51.9 Å². The summed E-state index contributed by atoms with van der Waals surface area (Å²) < 4.78 is 28.2. The summed E-state index contributed by atoms with van der Waals surface area (Å²) in [5.41, 5.74) is 0. The van der Waals surface area contributed by atoms with Crippen LogP contribution in [0.3, 0.4) is 0 Å². The molecular formula is C13H28N2O3S. The molecule has 6 heteroatoms. The molecule has 1 heterocycles. The fourth-order valence-electron chi connectivity index (χ4n) is 2.43. The lowest BCUT2D eigenvalue weighted by atomic mass is 10.2. The molecule has 5 nitrogen and oxygen atoms in total. The largest absolute Gasteiger partial charge is 0.395 e. The van der Waals surface area contributed by atoms with Gasteiger partial charge in [-0.05, 0) is 19.3 Å². The molecule has 1 aliphatic rings. The van der Waals surface area contributed by atoms with Gasteiger partial charge in [-0.3, -0.25) is 0 Å². The summed E-state index contributed by atoms with van der Waals surface area (Å²) in [7, 11) is -3.38. The first kappa shape index (κ1) is 16.9. The van der Waals surface area contributed by atoms with E-state index in [1.807, 2.05) is 0 Å². The number of hydrogen-bond donors (Lipinski definition) is 1. The maximum atomic E-state index is 12.6. The molecule has 1 saturated heterocycles. The molecule has 0 spiro atoms. The van der Waals surface area contributed by atoms with Gasteiger partial charge in [-0.1, -0.05) is 32.6 Å². The van der Waals surface area contributed by atoms with Gasteiger partial charge in [0, 0.05) is 26.2 Å². The molecule has 1 rings (SSSR count). The number of rotatable bonds is 8. The second kappa shape index (κ2) is 8.89. The van der Waals surface area contributed by atoms with E-state index in [0.717, 1.165) is 44.9 Å². The standard InChI is InChI=1S/C13H28N2O3S/c1-2-3-6-9-15(12-13-16)19(17,18)14-10-7-4-5-8-11-14/h16H,2-13H2,1H3. The molecule has 0 atom stereocenters. The zero-order chi connectivity index (χ0) is 14.1. The Morgan fingerprint density at radius 3 is 2.21 bits per heavy atom. The van der Waals surface area contributed by atoms with E-state index >= 15 is 0 Å². The van der Waals surface area contributed by atoms with Crippen molar-refractivity contribution in [2.24, 2.45) is 0 Å². The molecular weight excluding hydrogens is 264 g/mol. The van der Waals surface area contributed by atoms with Crippen LogP contribution in [-0.4, -0.2) is 54.9 Å². The van der Waals surface area contributed by atoms with Crippen molar-refractivity contribution in [3.8, 4) is 0 Å². The summed E-state index contributed by atoms with van der Waals surface area (Å²) in [5.74, 6) is 0. The fraction of sp³-hybridized carbons (Fsp3) is 1.00. The Kier molecular flexibility index (Phi) is 7.90. The average Bonchev–Trinajstić information content (AvgIpc) is 2.67. The number of aliphatic hydroxyl groups is 1. The van der Waals surface area contributed by atoms with E-state index in [1.54, 1.807) is 4.31 Å². The van der Waals surface area contributed by atoms with Crippen LogP contribution in [0, 0.1) is 0 Å². The highest BCUT2D eigenvalue weighted by Crippen LogP contribution is 2.17. The first-order valence-electron chi connectivity index (χ1n) is 7.49. The van der Waals surface area contributed by atoms with Gasteiger partial charge in [0.05, 0.1) is 6.61 Å². The van der Waals surface area contributed by atoms with Gasteiger partial charge < -0.3 is 5.11 Å². The molecule has 0 unspecified atom stereocenters. The third-order valence-corrected chi connectivity index (χ3v) is 5.61. The SMILES string of the molecule is CCCCCN(CCO)S(=O)(=O)N1CCCCCC1. The highest BCUT2D eigenvalue weighted by Gasteiger charge is 2.29. The van der Waals surface area contributed by atoms with Crippen LogP contribution in [-0.2, 0) is 10.2 Å². The lowest BCUT2D eigenvalue weighted by Gasteiger charge is -2.28. The third-order valence-electron chi connectivity index (χ3n) is 3.58. The summed E-state index contributed by atoms with van der Waals surface area (Å²) in [5, 5.41) is 9.09. The predicted molar refractivity (Wildman–Crippen MR) is 77.1 cm³/mol. The van der Waals surface area contributed by atoms with Crippen molar-refractivity contribution in [1.82, 2.24) is 8.61 Å². The van der Waals surface area contributed by atoms with Crippen molar-refractivity contribution in [3.63, 3.8) is 0 Å². The molecule has 0 aliphatic carbocycles. The summed E-state index contributed by atoms with van der Waals surface area (Å²) in [6.07, 6.45) is 7.07. The average molecular weight is 292 g/mol. The molecule has 0 aromatic carbocycles. The molecule has 114 valence electrons. The first-order chi connectivity index (χ1) is 9.12. The molecule has 0 aromatic heterocycles. The summed E-state index contributed by atoms with van der Waals surface area (Å²) >= 11 is 0.